The van der Waals surface area contributed by atoms with Crippen molar-refractivity contribution in [1.82, 2.24) is 14.8 Å². The molecule has 0 unspecified atom stereocenters. The lowest BCUT2D eigenvalue weighted by Crippen LogP contribution is -2.54. The molecule has 0 saturated carbocycles. The van der Waals surface area contributed by atoms with Crippen molar-refractivity contribution in [2.24, 2.45) is 5.92 Å². The van der Waals surface area contributed by atoms with Gasteiger partial charge in [-0.25, -0.2) is 4.98 Å². The van der Waals surface area contributed by atoms with Crippen LogP contribution in [-0.4, -0.2) is 46.2 Å². The van der Waals surface area contributed by atoms with Crippen molar-refractivity contribution >= 4 is 11.8 Å². The van der Waals surface area contributed by atoms with E-state index in [1.165, 1.54) is 0 Å². The molecule has 2 amide bonds. The fraction of sp³-hybridized carbons (Fsp3) is 0.421. The van der Waals surface area contributed by atoms with E-state index in [2.05, 4.69) is 4.98 Å². The molecule has 2 heterocycles. The lowest BCUT2D eigenvalue weighted by Gasteiger charge is -2.34. The Morgan fingerprint density at radius 1 is 1.08 bits per heavy atom. The maximum absolute atomic E-state index is 12.4. The Hall–Kier alpha value is -2.63. The molecule has 0 bridgehead atoms. The van der Waals surface area contributed by atoms with Crippen LogP contribution in [0.25, 0.3) is 11.5 Å². The molecule has 0 N–H and O–H groups in total. The standard InChI is InChI=1S/C19H23N3O3/c1-13(2)11-21-9-10-22(19(24)18(21)23)12-16-14(3)25-17(20-16)15-7-5-4-6-8-15/h4-8,13H,9-12H2,1-3H3. The second-order valence-corrected chi connectivity index (χ2v) is 6.76. The summed E-state index contributed by atoms with van der Waals surface area (Å²) in [6, 6.07) is 9.62. The van der Waals surface area contributed by atoms with Crippen LogP contribution in [0, 0.1) is 12.8 Å². The van der Waals surface area contributed by atoms with E-state index in [9.17, 15) is 9.59 Å². The zero-order valence-corrected chi connectivity index (χ0v) is 14.9. The Morgan fingerprint density at radius 3 is 2.40 bits per heavy atom. The number of hydrogen-bond acceptors (Lipinski definition) is 4. The number of hydrogen-bond donors (Lipinski definition) is 0. The average Bonchev–Trinajstić information content (AvgIpc) is 2.96. The van der Waals surface area contributed by atoms with E-state index < -0.39 is 11.8 Å². The smallest absolute Gasteiger partial charge is 0.312 e. The maximum Gasteiger partial charge on any atom is 0.312 e. The van der Waals surface area contributed by atoms with Crippen molar-refractivity contribution in [3.05, 3.63) is 41.8 Å². The average molecular weight is 341 g/mol. The molecule has 1 fully saturated rings. The molecule has 1 aromatic carbocycles. The van der Waals surface area contributed by atoms with Crippen molar-refractivity contribution in [3.8, 4) is 11.5 Å². The van der Waals surface area contributed by atoms with Gasteiger partial charge in [0.25, 0.3) is 0 Å². The predicted molar refractivity (Wildman–Crippen MR) is 93.5 cm³/mol. The predicted octanol–water partition coefficient (Wildman–Crippen LogP) is 2.48. The molecule has 1 aliphatic heterocycles. The Morgan fingerprint density at radius 2 is 1.72 bits per heavy atom. The topological polar surface area (TPSA) is 66.7 Å². The highest BCUT2D eigenvalue weighted by atomic mass is 16.4. The third-order valence-electron chi connectivity index (χ3n) is 4.24. The lowest BCUT2D eigenvalue weighted by molar-refractivity contribution is -0.156. The molecule has 6 nitrogen and oxygen atoms in total. The fourth-order valence-electron chi connectivity index (χ4n) is 2.94. The summed E-state index contributed by atoms with van der Waals surface area (Å²) in [7, 11) is 0. The number of aryl methyl sites for hydroxylation is 1. The van der Waals surface area contributed by atoms with Gasteiger partial charge in [-0.1, -0.05) is 32.0 Å². The van der Waals surface area contributed by atoms with Gasteiger partial charge in [-0.3, -0.25) is 9.59 Å². The van der Waals surface area contributed by atoms with E-state index in [1.54, 1.807) is 9.80 Å². The molecular weight excluding hydrogens is 318 g/mol. The van der Waals surface area contributed by atoms with E-state index in [1.807, 2.05) is 51.1 Å². The number of piperazine rings is 1. The molecular formula is C19H23N3O3. The number of aromatic nitrogens is 1. The van der Waals surface area contributed by atoms with Gasteiger partial charge < -0.3 is 14.2 Å². The van der Waals surface area contributed by atoms with Gasteiger partial charge in [0.2, 0.25) is 5.89 Å². The van der Waals surface area contributed by atoms with Gasteiger partial charge >= 0.3 is 11.8 Å². The van der Waals surface area contributed by atoms with Gasteiger partial charge in [0, 0.05) is 25.2 Å². The highest BCUT2D eigenvalue weighted by Crippen LogP contribution is 2.23. The summed E-state index contributed by atoms with van der Waals surface area (Å²) in [4.78, 5) is 32.4. The summed E-state index contributed by atoms with van der Waals surface area (Å²) in [5, 5.41) is 0. The normalized spacial score (nSPS) is 15.4. The summed E-state index contributed by atoms with van der Waals surface area (Å²) in [5.41, 5.74) is 1.58. The number of rotatable bonds is 5. The quantitative estimate of drug-likeness (QED) is 0.784. The lowest BCUT2D eigenvalue weighted by atomic mass is 10.1. The molecule has 1 aromatic heterocycles. The van der Waals surface area contributed by atoms with Crippen LogP contribution in [-0.2, 0) is 16.1 Å². The second kappa shape index (κ2) is 7.09. The Bertz CT molecular complexity index is 767. The van der Waals surface area contributed by atoms with Gasteiger partial charge in [-0.2, -0.15) is 0 Å². The van der Waals surface area contributed by atoms with Crippen molar-refractivity contribution < 1.29 is 14.0 Å². The highest BCUT2D eigenvalue weighted by molar-refractivity contribution is 6.35. The molecule has 6 heteroatoms. The molecule has 2 aromatic rings. The number of nitrogens with zero attached hydrogens (tertiary/aromatic N) is 3. The zero-order chi connectivity index (χ0) is 18.0. The molecule has 0 aliphatic carbocycles. The molecule has 3 rings (SSSR count). The molecule has 1 aliphatic rings. The van der Waals surface area contributed by atoms with Gasteiger partial charge in [0.1, 0.15) is 11.5 Å². The van der Waals surface area contributed by atoms with Crippen LogP contribution in [0.1, 0.15) is 25.3 Å². The Kier molecular flexibility index (Phi) is 4.88. The summed E-state index contributed by atoms with van der Waals surface area (Å²) in [6.45, 7) is 7.88. The van der Waals surface area contributed by atoms with Gasteiger partial charge in [0.15, 0.2) is 0 Å². The fourth-order valence-corrected chi connectivity index (χ4v) is 2.94. The Labute approximate surface area is 147 Å². The van der Waals surface area contributed by atoms with E-state index in [4.69, 9.17) is 4.42 Å². The summed E-state index contributed by atoms with van der Waals surface area (Å²) in [6.07, 6.45) is 0. The number of benzene rings is 1. The first-order valence-corrected chi connectivity index (χ1v) is 8.55. The summed E-state index contributed by atoms with van der Waals surface area (Å²) in [5.74, 6) is 0.656. The van der Waals surface area contributed by atoms with Crippen LogP contribution in [0.3, 0.4) is 0 Å². The number of amides is 2. The third-order valence-corrected chi connectivity index (χ3v) is 4.24. The molecule has 0 spiro atoms. The molecule has 0 atom stereocenters. The monoisotopic (exact) mass is 341 g/mol. The van der Waals surface area contributed by atoms with E-state index in [0.717, 1.165) is 5.56 Å². The van der Waals surface area contributed by atoms with Crippen LogP contribution in [0.2, 0.25) is 0 Å². The van der Waals surface area contributed by atoms with Crippen LogP contribution in [0.4, 0.5) is 0 Å². The summed E-state index contributed by atoms with van der Waals surface area (Å²) >= 11 is 0. The van der Waals surface area contributed by atoms with Crippen molar-refractivity contribution in [1.29, 1.82) is 0 Å². The van der Waals surface area contributed by atoms with Crippen molar-refractivity contribution in [2.45, 2.75) is 27.3 Å². The molecule has 0 radical (unpaired) electrons. The number of carbonyl (C=O) groups excluding carboxylic acids is 2. The van der Waals surface area contributed by atoms with Gasteiger partial charge in [-0.15, -0.1) is 0 Å². The Balaban J connectivity index is 1.72. The molecule has 25 heavy (non-hydrogen) atoms. The van der Waals surface area contributed by atoms with E-state index in [-0.39, 0.29) is 0 Å². The zero-order valence-electron chi connectivity index (χ0n) is 14.9. The number of carbonyl (C=O) groups is 2. The third kappa shape index (κ3) is 3.73. The van der Waals surface area contributed by atoms with E-state index >= 15 is 0 Å². The number of oxazole rings is 1. The SMILES string of the molecule is Cc1oc(-c2ccccc2)nc1CN1CCN(CC(C)C)C(=O)C1=O. The van der Waals surface area contributed by atoms with Gasteiger partial charge in [0.05, 0.1) is 6.54 Å². The first kappa shape index (κ1) is 17.2. The maximum atomic E-state index is 12.4. The minimum absolute atomic E-state index is 0.294. The first-order valence-electron chi connectivity index (χ1n) is 8.55. The van der Waals surface area contributed by atoms with E-state index in [0.29, 0.717) is 49.4 Å². The van der Waals surface area contributed by atoms with Crippen molar-refractivity contribution in [2.75, 3.05) is 19.6 Å². The molecule has 132 valence electrons. The van der Waals surface area contributed by atoms with Crippen LogP contribution in [0.15, 0.2) is 34.7 Å². The minimum Gasteiger partial charge on any atom is -0.441 e. The summed E-state index contributed by atoms with van der Waals surface area (Å²) < 4.78 is 5.73. The van der Waals surface area contributed by atoms with Gasteiger partial charge in [-0.05, 0) is 25.0 Å². The van der Waals surface area contributed by atoms with Crippen LogP contribution in [0.5, 0.6) is 0 Å². The largest absolute Gasteiger partial charge is 0.441 e. The first-order chi connectivity index (χ1) is 12.0. The second-order valence-electron chi connectivity index (χ2n) is 6.76. The van der Waals surface area contributed by atoms with Crippen LogP contribution < -0.4 is 0 Å². The minimum atomic E-state index is -0.462. The van der Waals surface area contributed by atoms with Crippen LogP contribution >= 0.6 is 0 Å². The highest BCUT2D eigenvalue weighted by Gasteiger charge is 2.33. The molecule has 1 saturated heterocycles. The van der Waals surface area contributed by atoms with Crippen molar-refractivity contribution in [3.63, 3.8) is 0 Å².